The van der Waals surface area contributed by atoms with Crippen molar-refractivity contribution in [1.29, 1.82) is 0 Å². The summed E-state index contributed by atoms with van der Waals surface area (Å²) in [7, 11) is 0. The highest BCUT2D eigenvalue weighted by Crippen LogP contribution is 2.37. The summed E-state index contributed by atoms with van der Waals surface area (Å²) in [6.45, 7) is 4.51. The van der Waals surface area contributed by atoms with E-state index in [2.05, 4.69) is 31.5 Å². The topological polar surface area (TPSA) is 56.8 Å². The number of hydrogen-bond donors (Lipinski definition) is 2. The van der Waals surface area contributed by atoms with E-state index in [1.54, 1.807) is 0 Å². The molecule has 2 saturated heterocycles. The summed E-state index contributed by atoms with van der Waals surface area (Å²) in [4.78, 5) is 5.53. The van der Waals surface area contributed by atoms with E-state index >= 15 is 0 Å². The molecule has 20 heavy (non-hydrogen) atoms. The summed E-state index contributed by atoms with van der Waals surface area (Å²) >= 11 is 0. The molecule has 1 atom stereocenters. The Balaban J connectivity index is 1.52. The van der Waals surface area contributed by atoms with Crippen molar-refractivity contribution in [3.63, 3.8) is 0 Å². The van der Waals surface area contributed by atoms with Gasteiger partial charge in [0, 0.05) is 31.2 Å². The average molecular weight is 269 g/mol. The van der Waals surface area contributed by atoms with Gasteiger partial charge in [-0.15, -0.1) is 10.2 Å². The van der Waals surface area contributed by atoms with Gasteiger partial charge in [0.2, 0.25) is 0 Å². The van der Waals surface area contributed by atoms with Crippen molar-refractivity contribution >= 4 is 5.82 Å². The van der Waals surface area contributed by atoms with Crippen molar-refractivity contribution in [2.75, 3.05) is 31.1 Å². The van der Waals surface area contributed by atoms with Crippen molar-refractivity contribution < 1.29 is 0 Å². The first-order valence-corrected chi connectivity index (χ1v) is 7.28. The van der Waals surface area contributed by atoms with E-state index in [0.29, 0.717) is 5.41 Å². The van der Waals surface area contributed by atoms with Crippen LogP contribution in [0.4, 0.5) is 5.82 Å². The van der Waals surface area contributed by atoms with Crippen molar-refractivity contribution in [3.8, 4) is 11.4 Å². The van der Waals surface area contributed by atoms with Crippen LogP contribution in [-0.4, -0.2) is 41.4 Å². The van der Waals surface area contributed by atoms with Gasteiger partial charge in [-0.2, -0.15) is 0 Å². The Kier molecular flexibility index (Phi) is 2.73. The lowest BCUT2D eigenvalue weighted by Crippen LogP contribution is -2.29. The number of anilines is 1. The highest BCUT2D eigenvalue weighted by Gasteiger charge is 2.40. The number of aromatic nitrogens is 3. The molecule has 0 aliphatic carbocycles. The number of nitrogens with zero attached hydrogens (tertiary/aromatic N) is 3. The molecule has 104 valence electrons. The van der Waals surface area contributed by atoms with Crippen LogP contribution in [0.3, 0.4) is 0 Å². The Labute approximate surface area is 118 Å². The Hall–Kier alpha value is -1.88. The fourth-order valence-electron chi connectivity index (χ4n) is 3.40. The van der Waals surface area contributed by atoms with Gasteiger partial charge in [0.05, 0.1) is 5.69 Å². The molecule has 2 aromatic rings. The Morgan fingerprint density at radius 2 is 2.15 bits per heavy atom. The third-order valence-electron chi connectivity index (χ3n) is 4.62. The molecule has 2 N–H and O–H groups in total. The summed E-state index contributed by atoms with van der Waals surface area (Å²) < 4.78 is 0. The lowest BCUT2D eigenvalue weighted by atomic mass is 9.87. The van der Waals surface area contributed by atoms with E-state index in [1.807, 2.05) is 24.4 Å². The Bertz CT molecular complexity index is 569. The Morgan fingerprint density at radius 3 is 2.85 bits per heavy atom. The van der Waals surface area contributed by atoms with E-state index in [-0.39, 0.29) is 0 Å². The number of rotatable bonds is 2. The van der Waals surface area contributed by atoms with Crippen LogP contribution in [0.25, 0.3) is 11.4 Å². The van der Waals surface area contributed by atoms with Gasteiger partial charge in [-0.25, -0.2) is 0 Å². The molecule has 2 fully saturated rings. The minimum absolute atomic E-state index is 0.472. The summed E-state index contributed by atoms with van der Waals surface area (Å²) in [6, 6.07) is 8.12. The summed E-state index contributed by atoms with van der Waals surface area (Å²) in [5.41, 5.74) is 2.39. The van der Waals surface area contributed by atoms with Crippen LogP contribution in [0.2, 0.25) is 0 Å². The number of aromatic amines is 1. The van der Waals surface area contributed by atoms with Crippen molar-refractivity contribution in [3.05, 3.63) is 30.5 Å². The van der Waals surface area contributed by atoms with Crippen LogP contribution >= 0.6 is 0 Å². The van der Waals surface area contributed by atoms with Crippen LogP contribution in [0.5, 0.6) is 0 Å². The monoisotopic (exact) mass is 269 g/mol. The number of nitrogens with one attached hydrogen (secondary N) is 2. The van der Waals surface area contributed by atoms with Gasteiger partial charge in [0.15, 0.2) is 5.82 Å². The highest BCUT2D eigenvalue weighted by molar-refractivity contribution is 5.55. The highest BCUT2D eigenvalue weighted by atomic mass is 15.3. The molecule has 2 aliphatic heterocycles. The first-order chi connectivity index (χ1) is 9.85. The quantitative estimate of drug-likeness (QED) is 0.870. The third kappa shape index (κ3) is 1.98. The van der Waals surface area contributed by atoms with Crippen LogP contribution < -0.4 is 10.2 Å². The maximum absolute atomic E-state index is 4.41. The molecular formula is C15H19N5. The zero-order chi connectivity index (χ0) is 13.4. The molecular weight excluding hydrogens is 250 g/mol. The molecule has 5 nitrogen and oxygen atoms in total. The zero-order valence-electron chi connectivity index (χ0n) is 11.5. The van der Waals surface area contributed by atoms with Gasteiger partial charge in [-0.1, -0.05) is 0 Å². The molecule has 4 rings (SSSR count). The van der Waals surface area contributed by atoms with Crippen molar-refractivity contribution in [2.45, 2.75) is 12.8 Å². The third-order valence-corrected chi connectivity index (χ3v) is 4.62. The van der Waals surface area contributed by atoms with E-state index in [0.717, 1.165) is 43.4 Å². The van der Waals surface area contributed by atoms with Gasteiger partial charge in [-0.05, 0) is 43.7 Å². The van der Waals surface area contributed by atoms with Crippen molar-refractivity contribution in [2.24, 2.45) is 5.41 Å². The second-order valence-electron chi connectivity index (χ2n) is 5.96. The van der Waals surface area contributed by atoms with Crippen LogP contribution in [0, 0.1) is 5.41 Å². The second kappa shape index (κ2) is 4.59. The van der Waals surface area contributed by atoms with Gasteiger partial charge >= 0.3 is 0 Å². The molecule has 4 heterocycles. The molecule has 1 unspecified atom stereocenters. The van der Waals surface area contributed by atoms with E-state index in [9.17, 15) is 0 Å². The molecule has 1 spiro atoms. The SMILES string of the molecule is c1c[nH]c(-c2ccc(N3CCC4(CCNC4)C3)nn2)c1. The van der Waals surface area contributed by atoms with E-state index in [1.165, 1.54) is 12.8 Å². The molecule has 2 aliphatic rings. The standard InChI is InChI=1S/C15H19N5/c1-2-12(17-7-1)13-3-4-14(19-18-13)20-9-6-15(11-20)5-8-16-10-15/h1-4,7,16-17H,5-6,8-11H2. The van der Waals surface area contributed by atoms with Gasteiger partial charge in [-0.3, -0.25) is 0 Å². The normalized spacial score (nSPS) is 25.7. The molecule has 0 aromatic carbocycles. The summed E-state index contributed by atoms with van der Waals surface area (Å²) in [5, 5.41) is 12.2. The van der Waals surface area contributed by atoms with E-state index in [4.69, 9.17) is 0 Å². The zero-order valence-corrected chi connectivity index (χ0v) is 11.5. The van der Waals surface area contributed by atoms with E-state index < -0.39 is 0 Å². The smallest absolute Gasteiger partial charge is 0.151 e. The second-order valence-corrected chi connectivity index (χ2v) is 5.96. The molecule has 2 aromatic heterocycles. The first-order valence-electron chi connectivity index (χ1n) is 7.28. The number of H-pyrrole nitrogens is 1. The minimum atomic E-state index is 0.472. The summed E-state index contributed by atoms with van der Waals surface area (Å²) in [5.74, 6) is 1.00. The summed E-state index contributed by atoms with van der Waals surface area (Å²) in [6.07, 6.45) is 4.46. The molecule has 0 amide bonds. The van der Waals surface area contributed by atoms with Crippen LogP contribution in [0.1, 0.15) is 12.8 Å². The molecule has 0 bridgehead atoms. The van der Waals surface area contributed by atoms with Crippen LogP contribution in [0.15, 0.2) is 30.5 Å². The predicted octanol–water partition coefficient (Wildman–Crippen LogP) is 1.66. The first kappa shape index (κ1) is 11.9. The van der Waals surface area contributed by atoms with Crippen molar-refractivity contribution in [1.82, 2.24) is 20.5 Å². The molecule has 0 saturated carbocycles. The predicted molar refractivity (Wildman–Crippen MR) is 78.6 cm³/mol. The van der Waals surface area contributed by atoms with Gasteiger partial charge in [0.25, 0.3) is 0 Å². The van der Waals surface area contributed by atoms with Gasteiger partial charge < -0.3 is 15.2 Å². The lowest BCUT2D eigenvalue weighted by Gasteiger charge is -2.23. The fraction of sp³-hybridized carbons (Fsp3) is 0.467. The van der Waals surface area contributed by atoms with Gasteiger partial charge in [0.1, 0.15) is 5.69 Å². The molecule has 5 heteroatoms. The Morgan fingerprint density at radius 1 is 1.15 bits per heavy atom. The number of hydrogen-bond acceptors (Lipinski definition) is 4. The largest absolute Gasteiger partial charge is 0.360 e. The maximum atomic E-state index is 4.41. The maximum Gasteiger partial charge on any atom is 0.151 e. The fourth-order valence-corrected chi connectivity index (χ4v) is 3.40. The van der Waals surface area contributed by atoms with Crippen LogP contribution in [-0.2, 0) is 0 Å². The molecule has 0 radical (unpaired) electrons. The lowest BCUT2D eigenvalue weighted by molar-refractivity contribution is 0.369. The minimum Gasteiger partial charge on any atom is -0.360 e. The average Bonchev–Trinajstić information content (AvgIpc) is 3.23.